The van der Waals surface area contributed by atoms with Gasteiger partial charge in [0, 0.05) is 16.7 Å². The summed E-state index contributed by atoms with van der Waals surface area (Å²) in [5, 5.41) is 3.29. The molecule has 0 bridgehead atoms. The molecule has 0 spiro atoms. The minimum absolute atomic E-state index is 0.221. The molecule has 1 N–H and O–H groups in total. The molecule has 0 heterocycles. The predicted octanol–water partition coefficient (Wildman–Crippen LogP) is 3.02. The van der Waals surface area contributed by atoms with Gasteiger partial charge in [0.2, 0.25) is 0 Å². The van der Waals surface area contributed by atoms with Crippen LogP contribution in [0.3, 0.4) is 0 Å². The van der Waals surface area contributed by atoms with Crippen LogP contribution in [-0.2, 0) is 9.53 Å². The second kappa shape index (κ2) is 6.96. The average Bonchev–Trinajstić information content (AvgIpc) is 2.36. The minimum Gasteiger partial charge on any atom is -0.468 e. The fraction of sp³-hybridized carbons (Fsp3) is 0.533. The van der Waals surface area contributed by atoms with E-state index in [4.69, 9.17) is 4.74 Å². The van der Waals surface area contributed by atoms with Crippen LogP contribution in [0.5, 0.6) is 0 Å². The van der Waals surface area contributed by atoms with Gasteiger partial charge in [-0.1, -0.05) is 17.7 Å². The van der Waals surface area contributed by atoms with Crippen molar-refractivity contribution in [2.75, 3.05) is 12.9 Å². The van der Waals surface area contributed by atoms with Crippen molar-refractivity contribution in [3.63, 3.8) is 0 Å². The van der Waals surface area contributed by atoms with Crippen LogP contribution >= 0.6 is 11.8 Å². The lowest BCUT2D eigenvalue weighted by Gasteiger charge is -2.29. The van der Waals surface area contributed by atoms with Crippen molar-refractivity contribution in [1.29, 1.82) is 0 Å². The number of carbonyl (C=O) groups is 1. The van der Waals surface area contributed by atoms with E-state index < -0.39 is 5.54 Å². The third-order valence-corrected chi connectivity index (χ3v) is 4.12. The quantitative estimate of drug-likeness (QED) is 0.642. The second-order valence-corrected chi connectivity index (χ2v) is 6.27. The Bertz CT molecular complexity index is 417. The van der Waals surface area contributed by atoms with Gasteiger partial charge in [-0.3, -0.25) is 10.1 Å². The number of esters is 1. The van der Waals surface area contributed by atoms with Gasteiger partial charge < -0.3 is 4.74 Å². The van der Waals surface area contributed by atoms with Gasteiger partial charge in [-0.05, 0) is 39.8 Å². The maximum absolute atomic E-state index is 11.9. The van der Waals surface area contributed by atoms with Crippen molar-refractivity contribution in [1.82, 2.24) is 5.32 Å². The van der Waals surface area contributed by atoms with Gasteiger partial charge in [0.05, 0.1) is 7.11 Å². The van der Waals surface area contributed by atoms with Gasteiger partial charge in [0.25, 0.3) is 0 Å². The van der Waals surface area contributed by atoms with E-state index in [0.29, 0.717) is 5.75 Å². The van der Waals surface area contributed by atoms with Crippen LogP contribution in [0.2, 0.25) is 0 Å². The number of rotatable bonds is 6. The molecule has 1 aromatic carbocycles. The molecule has 4 heteroatoms. The standard InChI is InChI=1S/C15H23NO2S/c1-11(2)16-15(4,14(17)18-5)10-19-13-8-6-12(3)7-9-13/h6-9,11,16H,10H2,1-5H3. The first kappa shape index (κ1) is 16.1. The molecule has 0 aliphatic rings. The number of nitrogens with one attached hydrogen (secondary N) is 1. The Kier molecular flexibility index (Phi) is 5.88. The van der Waals surface area contributed by atoms with E-state index >= 15 is 0 Å². The molecule has 0 aromatic heterocycles. The Labute approximate surface area is 120 Å². The summed E-state index contributed by atoms with van der Waals surface area (Å²) >= 11 is 1.66. The first-order valence-electron chi connectivity index (χ1n) is 6.43. The Morgan fingerprint density at radius 3 is 2.42 bits per heavy atom. The number of hydrogen-bond acceptors (Lipinski definition) is 4. The SMILES string of the molecule is COC(=O)C(C)(CSc1ccc(C)cc1)NC(C)C. The van der Waals surface area contributed by atoms with E-state index in [-0.39, 0.29) is 12.0 Å². The Morgan fingerprint density at radius 2 is 1.95 bits per heavy atom. The average molecular weight is 281 g/mol. The molecule has 0 saturated carbocycles. The zero-order chi connectivity index (χ0) is 14.5. The van der Waals surface area contributed by atoms with Crippen molar-refractivity contribution < 1.29 is 9.53 Å². The molecule has 1 unspecified atom stereocenters. The molecule has 1 aromatic rings. The number of aryl methyl sites for hydroxylation is 1. The maximum Gasteiger partial charge on any atom is 0.326 e. The first-order valence-corrected chi connectivity index (χ1v) is 7.41. The zero-order valence-electron chi connectivity index (χ0n) is 12.3. The Balaban J connectivity index is 2.72. The van der Waals surface area contributed by atoms with Gasteiger partial charge in [0.15, 0.2) is 0 Å². The second-order valence-electron chi connectivity index (χ2n) is 5.22. The molecular formula is C15H23NO2S. The van der Waals surface area contributed by atoms with Crippen LogP contribution in [0.1, 0.15) is 26.3 Å². The lowest BCUT2D eigenvalue weighted by molar-refractivity contribution is -0.147. The number of ether oxygens (including phenoxy) is 1. The van der Waals surface area contributed by atoms with Gasteiger partial charge in [-0.2, -0.15) is 0 Å². The normalized spacial score (nSPS) is 14.2. The molecule has 0 aliphatic heterocycles. The third kappa shape index (κ3) is 4.88. The summed E-state index contributed by atoms with van der Waals surface area (Å²) in [6.07, 6.45) is 0. The predicted molar refractivity (Wildman–Crippen MR) is 80.6 cm³/mol. The molecule has 3 nitrogen and oxygen atoms in total. The summed E-state index contributed by atoms with van der Waals surface area (Å²) in [5.74, 6) is 0.418. The van der Waals surface area contributed by atoms with Crippen molar-refractivity contribution in [2.24, 2.45) is 0 Å². The van der Waals surface area contributed by atoms with Gasteiger partial charge >= 0.3 is 5.97 Å². The highest BCUT2D eigenvalue weighted by Crippen LogP contribution is 2.24. The van der Waals surface area contributed by atoms with Crippen molar-refractivity contribution >= 4 is 17.7 Å². The summed E-state index contributed by atoms with van der Waals surface area (Å²) in [5.41, 5.74) is 0.568. The lowest BCUT2D eigenvalue weighted by atomic mass is 10.0. The van der Waals surface area contributed by atoms with E-state index in [1.54, 1.807) is 11.8 Å². The molecule has 1 atom stereocenters. The topological polar surface area (TPSA) is 38.3 Å². The molecule has 106 valence electrons. The Hall–Kier alpha value is -1.00. The lowest BCUT2D eigenvalue weighted by Crippen LogP contribution is -2.54. The van der Waals surface area contributed by atoms with Crippen molar-refractivity contribution in [3.8, 4) is 0 Å². The molecule has 0 amide bonds. The summed E-state index contributed by atoms with van der Waals surface area (Å²) in [4.78, 5) is 13.1. The Morgan fingerprint density at radius 1 is 1.37 bits per heavy atom. The molecular weight excluding hydrogens is 258 g/mol. The van der Waals surface area contributed by atoms with Gasteiger partial charge in [0.1, 0.15) is 5.54 Å². The van der Waals surface area contributed by atoms with Crippen LogP contribution < -0.4 is 5.32 Å². The van der Waals surface area contributed by atoms with Crippen LogP contribution in [0.4, 0.5) is 0 Å². The zero-order valence-corrected chi connectivity index (χ0v) is 13.1. The third-order valence-electron chi connectivity index (χ3n) is 2.79. The number of methoxy groups -OCH3 is 1. The van der Waals surface area contributed by atoms with Crippen molar-refractivity contribution in [2.45, 2.75) is 44.2 Å². The number of benzene rings is 1. The maximum atomic E-state index is 11.9. The largest absolute Gasteiger partial charge is 0.468 e. The van der Waals surface area contributed by atoms with Crippen molar-refractivity contribution in [3.05, 3.63) is 29.8 Å². The number of thioether (sulfide) groups is 1. The van der Waals surface area contributed by atoms with E-state index in [9.17, 15) is 4.79 Å². The van der Waals surface area contributed by atoms with Gasteiger partial charge in [-0.25, -0.2) is 0 Å². The van der Waals surface area contributed by atoms with Gasteiger partial charge in [-0.15, -0.1) is 11.8 Å². The summed E-state index contributed by atoms with van der Waals surface area (Å²) in [7, 11) is 1.43. The molecule has 19 heavy (non-hydrogen) atoms. The molecule has 0 aliphatic carbocycles. The highest BCUT2D eigenvalue weighted by molar-refractivity contribution is 7.99. The van der Waals surface area contributed by atoms with Crippen LogP contribution in [0.15, 0.2) is 29.2 Å². The molecule has 0 radical (unpaired) electrons. The van der Waals surface area contributed by atoms with Crippen LogP contribution in [0, 0.1) is 6.92 Å². The summed E-state index contributed by atoms with van der Waals surface area (Å²) < 4.78 is 4.91. The fourth-order valence-corrected chi connectivity index (χ4v) is 2.87. The molecule has 1 rings (SSSR count). The van der Waals surface area contributed by atoms with Crippen LogP contribution in [-0.4, -0.2) is 30.4 Å². The minimum atomic E-state index is -0.668. The van der Waals surface area contributed by atoms with E-state index in [2.05, 4.69) is 36.5 Å². The monoisotopic (exact) mass is 281 g/mol. The highest BCUT2D eigenvalue weighted by atomic mass is 32.2. The van der Waals surface area contributed by atoms with E-state index in [0.717, 1.165) is 4.90 Å². The van der Waals surface area contributed by atoms with Crippen LogP contribution in [0.25, 0.3) is 0 Å². The first-order chi connectivity index (χ1) is 8.87. The smallest absolute Gasteiger partial charge is 0.326 e. The van der Waals surface area contributed by atoms with E-state index in [1.165, 1.54) is 12.7 Å². The summed E-state index contributed by atoms with van der Waals surface area (Å²) in [6, 6.07) is 8.53. The van der Waals surface area contributed by atoms with E-state index in [1.807, 2.05) is 20.8 Å². The highest BCUT2D eigenvalue weighted by Gasteiger charge is 2.34. The molecule has 0 fully saturated rings. The number of hydrogen-bond donors (Lipinski definition) is 1. The number of carbonyl (C=O) groups excluding carboxylic acids is 1. The molecule has 0 saturated heterocycles. The fourth-order valence-electron chi connectivity index (χ4n) is 1.88. The summed E-state index contributed by atoms with van der Waals surface area (Å²) in [6.45, 7) is 8.00.